The number of benzene rings is 1. The first-order valence-corrected chi connectivity index (χ1v) is 4.88. The van der Waals surface area contributed by atoms with Crippen LogP contribution < -0.4 is 0 Å². The zero-order valence-electron chi connectivity index (χ0n) is 7.77. The van der Waals surface area contributed by atoms with Crippen LogP contribution in [0.5, 0.6) is 0 Å². The number of hydrogen-bond donors (Lipinski definition) is 0. The maximum absolute atomic E-state index is 11.7. The highest BCUT2D eigenvalue weighted by molar-refractivity contribution is 6.31. The molecule has 0 aliphatic rings. The molecule has 0 spiro atoms. The normalized spacial score (nSPS) is 13.0. The van der Waals surface area contributed by atoms with E-state index in [2.05, 4.69) is 0 Å². The van der Waals surface area contributed by atoms with Crippen LogP contribution in [0.15, 0.2) is 36.5 Å². The molecule has 2 rings (SSSR count). The van der Waals surface area contributed by atoms with Crippen molar-refractivity contribution in [2.24, 2.45) is 0 Å². The van der Waals surface area contributed by atoms with Crippen LogP contribution in [0.3, 0.4) is 0 Å². The molecular weight excluding hydrogens is 198 g/mol. The summed E-state index contributed by atoms with van der Waals surface area (Å²) in [4.78, 5) is 11.7. The molecule has 0 radical (unpaired) electrons. The van der Waals surface area contributed by atoms with Crippen molar-refractivity contribution in [2.45, 2.75) is 12.3 Å². The Morgan fingerprint density at radius 1 is 1.36 bits per heavy atom. The highest BCUT2D eigenvalue weighted by Crippen LogP contribution is 2.16. The summed E-state index contributed by atoms with van der Waals surface area (Å²) in [6.07, 6.45) is 1.76. The second kappa shape index (κ2) is 3.46. The van der Waals surface area contributed by atoms with Gasteiger partial charge in [-0.1, -0.05) is 18.2 Å². The molecule has 0 fully saturated rings. The molecule has 1 aromatic carbocycles. The quantitative estimate of drug-likeness (QED) is 0.659. The van der Waals surface area contributed by atoms with Crippen molar-refractivity contribution in [3.05, 3.63) is 36.5 Å². The molecule has 0 N–H and O–H groups in total. The first-order valence-electron chi connectivity index (χ1n) is 4.44. The van der Waals surface area contributed by atoms with Crippen molar-refractivity contribution in [3.63, 3.8) is 0 Å². The predicted octanol–water partition coefficient (Wildman–Crippen LogP) is 2.91. The molecule has 0 saturated heterocycles. The smallest absolute Gasteiger partial charge is 0.248 e. The maximum Gasteiger partial charge on any atom is 0.248 e. The van der Waals surface area contributed by atoms with E-state index in [1.807, 2.05) is 30.3 Å². The molecule has 0 bridgehead atoms. The minimum Gasteiger partial charge on any atom is -0.286 e. The molecule has 3 heteroatoms. The first-order chi connectivity index (χ1) is 6.70. The van der Waals surface area contributed by atoms with E-state index in [1.165, 1.54) is 0 Å². The van der Waals surface area contributed by atoms with E-state index in [0.717, 1.165) is 10.9 Å². The second-order valence-electron chi connectivity index (χ2n) is 3.20. The number of carbonyl (C=O) groups excluding carboxylic acids is 1. The third-order valence-corrected chi connectivity index (χ3v) is 2.36. The summed E-state index contributed by atoms with van der Waals surface area (Å²) in [5, 5.41) is 0.559. The van der Waals surface area contributed by atoms with Gasteiger partial charge in [-0.25, -0.2) is 0 Å². The summed E-state index contributed by atoms with van der Waals surface area (Å²) >= 11 is 5.75. The summed E-state index contributed by atoms with van der Waals surface area (Å²) in [6.45, 7) is 1.68. The third kappa shape index (κ3) is 1.42. The Kier molecular flexibility index (Phi) is 2.30. The van der Waals surface area contributed by atoms with Crippen LogP contribution in [0.1, 0.15) is 11.7 Å². The van der Waals surface area contributed by atoms with Gasteiger partial charge in [-0.15, -0.1) is 11.6 Å². The predicted molar refractivity (Wildman–Crippen MR) is 57.9 cm³/mol. The summed E-state index contributed by atoms with van der Waals surface area (Å²) in [5.41, 5.74) is 0.907. The van der Waals surface area contributed by atoms with Gasteiger partial charge in [0.15, 0.2) is 0 Å². The van der Waals surface area contributed by atoms with E-state index in [-0.39, 0.29) is 5.91 Å². The van der Waals surface area contributed by atoms with Crippen molar-refractivity contribution < 1.29 is 4.79 Å². The van der Waals surface area contributed by atoms with Crippen LogP contribution in [0.25, 0.3) is 10.9 Å². The second-order valence-corrected chi connectivity index (χ2v) is 3.85. The summed E-state index contributed by atoms with van der Waals surface area (Å²) < 4.78 is 1.59. The van der Waals surface area contributed by atoms with Crippen molar-refractivity contribution in [2.75, 3.05) is 0 Å². The number of para-hydroxylation sites is 1. The number of hydrogen-bond acceptors (Lipinski definition) is 1. The molecule has 1 atom stereocenters. The van der Waals surface area contributed by atoms with E-state index < -0.39 is 5.38 Å². The maximum atomic E-state index is 11.7. The van der Waals surface area contributed by atoms with E-state index in [0.29, 0.717) is 0 Å². The molecule has 2 nitrogen and oxygen atoms in total. The minimum atomic E-state index is -0.495. The number of nitrogens with zero attached hydrogens (tertiary/aromatic N) is 1. The lowest BCUT2D eigenvalue weighted by molar-refractivity contribution is 0.0918. The average molecular weight is 208 g/mol. The minimum absolute atomic E-state index is 0.0899. The van der Waals surface area contributed by atoms with Gasteiger partial charge in [-0.3, -0.25) is 9.36 Å². The molecule has 2 aromatic rings. The van der Waals surface area contributed by atoms with Gasteiger partial charge in [-0.05, 0) is 19.1 Å². The van der Waals surface area contributed by atoms with Gasteiger partial charge in [0.05, 0.1) is 5.52 Å². The van der Waals surface area contributed by atoms with Gasteiger partial charge < -0.3 is 0 Å². The van der Waals surface area contributed by atoms with Crippen molar-refractivity contribution in [1.29, 1.82) is 0 Å². The van der Waals surface area contributed by atoms with Crippen LogP contribution >= 0.6 is 11.6 Å². The van der Waals surface area contributed by atoms with Gasteiger partial charge in [-0.2, -0.15) is 0 Å². The average Bonchev–Trinajstić information content (AvgIpc) is 2.60. The van der Waals surface area contributed by atoms with Crippen LogP contribution in [-0.4, -0.2) is 15.9 Å². The fourth-order valence-corrected chi connectivity index (χ4v) is 1.57. The molecular formula is C11H10ClNO. The molecule has 0 aliphatic carbocycles. The van der Waals surface area contributed by atoms with Crippen molar-refractivity contribution >= 4 is 28.4 Å². The largest absolute Gasteiger partial charge is 0.286 e. The number of halogens is 1. The molecule has 1 heterocycles. The zero-order chi connectivity index (χ0) is 10.1. The van der Waals surface area contributed by atoms with Gasteiger partial charge >= 0.3 is 0 Å². The Morgan fingerprint density at radius 2 is 2.07 bits per heavy atom. The Balaban J connectivity index is 2.58. The number of rotatable bonds is 1. The Morgan fingerprint density at radius 3 is 2.79 bits per heavy atom. The lowest BCUT2D eigenvalue weighted by Crippen LogP contribution is -2.18. The molecule has 1 aromatic heterocycles. The molecule has 0 aliphatic heterocycles. The lowest BCUT2D eigenvalue weighted by atomic mass is 10.2. The monoisotopic (exact) mass is 207 g/mol. The summed E-state index contributed by atoms with van der Waals surface area (Å²) in [7, 11) is 0. The van der Waals surface area contributed by atoms with Crippen molar-refractivity contribution in [3.8, 4) is 0 Å². The number of alkyl halides is 1. The van der Waals surface area contributed by atoms with Gasteiger partial charge in [0, 0.05) is 11.6 Å². The molecule has 72 valence electrons. The lowest BCUT2D eigenvalue weighted by Gasteiger charge is -2.04. The number of fused-ring (bicyclic) bond motifs is 1. The Hall–Kier alpha value is -1.28. The standard InChI is InChI=1S/C11H10ClNO/c1-8(12)11(14)13-7-6-9-4-2-3-5-10(9)13/h2-8H,1H3. The van der Waals surface area contributed by atoms with E-state index in [9.17, 15) is 4.79 Å². The van der Waals surface area contributed by atoms with E-state index in [4.69, 9.17) is 11.6 Å². The van der Waals surface area contributed by atoms with Gasteiger partial charge in [0.2, 0.25) is 5.91 Å². The first kappa shape index (κ1) is 9.28. The fraction of sp³-hybridized carbons (Fsp3) is 0.182. The third-order valence-electron chi connectivity index (χ3n) is 2.18. The molecule has 14 heavy (non-hydrogen) atoms. The van der Waals surface area contributed by atoms with Crippen LogP contribution in [0, 0.1) is 0 Å². The van der Waals surface area contributed by atoms with Crippen LogP contribution in [-0.2, 0) is 0 Å². The topological polar surface area (TPSA) is 22.0 Å². The molecule has 0 amide bonds. The van der Waals surface area contributed by atoms with E-state index >= 15 is 0 Å². The van der Waals surface area contributed by atoms with Crippen LogP contribution in [0.4, 0.5) is 0 Å². The van der Waals surface area contributed by atoms with E-state index in [1.54, 1.807) is 17.7 Å². The van der Waals surface area contributed by atoms with Crippen molar-refractivity contribution in [1.82, 2.24) is 4.57 Å². The van der Waals surface area contributed by atoms with Crippen LogP contribution in [0.2, 0.25) is 0 Å². The van der Waals surface area contributed by atoms with Gasteiger partial charge in [0.25, 0.3) is 0 Å². The Bertz CT molecular complexity index is 473. The fourth-order valence-electron chi connectivity index (χ4n) is 1.47. The number of aromatic nitrogens is 1. The Labute approximate surface area is 87.1 Å². The molecule has 0 saturated carbocycles. The highest BCUT2D eigenvalue weighted by Gasteiger charge is 2.13. The highest BCUT2D eigenvalue weighted by atomic mass is 35.5. The zero-order valence-corrected chi connectivity index (χ0v) is 8.53. The van der Waals surface area contributed by atoms with Gasteiger partial charge in [0.1, 0.15) is 5.38 Å². The number of carbonyl (C=O) groups is 1. The summed E-state index contributed by atoms with van der Waals surface area (Å²) in [6, 6.07) is 9.64. The molecule has 1 unspecified atom stereocenters. The SMILES string of the molecule is CC(Cl)C(=O)n1ccc2ccccc21. The summed E-state index contributed by atoms with van der Waals surface area (Å²) in [5.74, 6) is -0.0899.